The summed E-state index contributed by atoms with van der Waals surface area (Å²) in [7, 11) is 3.64. The monoisotopic (exact) mass is 362 g/mol. The first kappa shape index (κ1) is 20.2. The van der Waals surface area contributed by atoms with Crippen LogP contribution >= 0.6 is 0 Å². The lowest BCUT2D eigenvalue weighted by atomic mass is 9.85. The van der Waals surface area contributed by atoms with E-state index >= 15 is 0 Å². The Labute approximate surface area is 156 Å². The van der Waals surface area contributed by atoms with Crippen molar-refractivity contribution in [1.29, 1.82) is 0 Å². The highest BCUT2D eigenvalue weighted by Crippen LogP contribution is 2.39. The summed E-state index contributed by atoms with van der Waals surface area (Å²) in [6.45, 7) is 3.99. The maximum atomic E-state index is 13.0. The van der Waals surface area contributed by atoms with Gasteiger partial charge in [0.2, 0.25) is 5.91 Å². The molecule has 1 aliphatic carbocycles. The molecule has 1 aromatic rings. The third-order valence-electron chi connectivity index (χ3n) is 4.92. The van der Waals surface area contributed by atoms with Crippen LogP contribution in [0, 0.1) is 11.2 Å². The minimum Gasteiger partial charge on any atom is -0.357 e. The molecule has 1 aromatic carbocycles. The van der Waals surface area contributed by atoms with E-state index in [1.807, 2.05) is 21.0 Å². The molecule has 0 spiro atoms. The van der Waals surface area contributed by atoms with Crippen molar-refractivity contribution in [3.05, 3.63) is 35.6 Å². The second kappa shape index (κ2) is 9.55. The summed E-state index contributed by atoms with van der Waals surface area (Å²) in [5, 5.41) is 6.55. The number of amides is 1. The van der Waals surface area contributed by atoms with Crippen LogP contribution in [0.2, 0.25) is 0 Å². The Balaban J connectivity index is 1.96. The van der Waals surface area contributed by atoms with E-state index in [0.29, 0.717) is 13.1 Å². The Kier molecular flexibility index (Phi) is 7.42. The predicted molar refractivity (Wildman–Crippen MR) is 104 cm³/mol. The highest BCUT2D eigenvalue weighted by atomic mass is 19.1. The molecule has 0 aliphatic heterocycles. The molecule has 2 N–H and O–H groups in total. The molecule has 1 fully saturated rings. The summed E-state index contributed by atoms with van der Waals surface area (Å²) in [6.07, 6.45) is 4.77. The van der Waals surface area contributed by atoms with Gasteiger partial charge >= 0.3 is 0 Å². The Morgan fingerprint density at radius 3 is 2.42 bits per heavy atom. The van der Waals surface area contributed by atoms with Gasteiger partial charge in [-0.15, -0.1) is 0 Å². The van der Waals surface area contributed by atoms with E-state index in [2.05, 4.69) is 10.6 Å². The van der Waals surface area contributed by atoms with Gasteiger partial charge in [-0.1, -0.05) is 25.0 Å². The fourth-order valence-corrected chi connectivity index (χ4v) is 3.51. The van der Waals surface area contributed by atoms with Crippen LogP contribution in [0.5, 0.6) is 0 Å². The predicted octanol–water partition coefficient (Wildman–Crippen LogP) is 2.57. The van der Waals surface area contributed by atoms with Gasteiger partial charge in [-0.05, 0) is 43.9 Å². The van der Waals surface area contributed by atoms with E-state index in [9.17, 15) is 9.18 Å². The fraction of sp³-hybridized carbons (Fsp3) is 0.600. The van der Waals surface area contributed by atoms with Crippen LogP contribution in [0.15, 0.2) is 29.3 Å². The lowest BCUT2D eigenvalue weighted by Crippen LogP contribution is -2.43. The molecular weight excluding hydrogens is 331 g/mol. The molecule has 0 unspecified atom stereocenters. The summed E-state index contributed by atoms with van der Waals surface area (Å²) in [4.78, 5) is 19.0. The lowest BCUT2D eigenvalue weighted by molar-refractivity contribution is -0.138. The minimum absolute atomic E-state index is 0.181. The third-order valence-corrected chi connectivity index (χ3v) is 4.92. The molecule has 1 amide bonds. The molecule has 26 heavy (non-hydrogen) atoms. The van der Waals surface area contributed by atoms with Gasteiger partial charge in [0.05, 0.1) is 12.0 Å². The van der Waals surface area contributed by atoms with E-state index < -0.39 is 0 Å². The van der Waals surface area contributed by atoms with Crippen LogP contribution < -0.4 is 10.6 Å². The van der Waals surface area contributed by atoms with Gasteiger partial charge in [0.15, 0.2) is 5.96 Å². The van der Waals surface area contributed by atoms with Crippen LogP contribution in [0.4, 0.5) is 4.39 Å². The number of benzene rings is 1. The topological polar surface area (TPSA) is 56.7 Å². The number of hydrogen-bond acceptors (Lipinski definition) is 2. The van der Waals surface area contributed by atoms with Crippen molar-refractivity contribution in [3.63, 3.8) is 0 Å². The van der Waals surface area contributed by atoms with E-state index in [1.165, 1.54) is 12.1 Å². The SMILES string of the molecule is CCNC(=NCC1(C(=O)N(C)C)CCCC1)NCCc1ccc(F)cc1. The molecule has 0 aromatic heterocycles. The smallest absolute Gasteiger partial charge is 0.230 e. The standard InChI is InChI=1S/C20H31FN4O/c1-4-22-19(23-14-11-16-7-9-17(21)10-8-16)24-15-20(12-5-6-13-20)18(26)25(2)3/h7-10H,4-6,11-15H2,1-3H3,(H2,22,23,24). The average molecular weight is 362 g/mol. The second-order valence-electron chi connectivity index (χ2n) is 7.19. The van der Waals surface area contributed by atoms with Gasteiger partial charge in [0, 0.05) is 27.2 Å². The molecule has 2 rings (SSSR count). The van der Waals surface area contributed by atoms with Crippen LogP contribution in [-0.2, 0) is 11.2 Å². The Hall–Kier alpha value is -2.11. The molecule has 0 atom stereocenters. The first-order chi connectivity index (χ1) is 12.5. The molecule has 5 nitrogen and oxygen atoms in total. The molecule has 1 saturated carbocycles. The van der Waals surface area contributed by atoms with Crippen LogP contribution in [0.3, 0.4) is 0 Å². The van der Waals surface area contributed by atoms with Crippen molar-refractivity contribution >= 4 is 11.9 Å². The number of nitrogens with zero attached hydrogens (tertiary/aromatic N) is 2. The Morgan fingerprint density at radius 2 is 1.85 bits per heavy atom. The number of rotatable bonds is 7. The van der Waals surface area contributed by atoms with Crippen molar-refractivity contribution in [1.82, 2.24) is 15.5 Å². The van der Waals surface area contributed by atoms with Crippen molar-refractivity contribution < 1.29 is 9.18 Å². The van der Waals surface area contributed by atoms with E-state index in [4.69, 9.17) is 4.99 Å². The van der Waals surface area contributed by atoms with Crippen LogP contribution in [0.1, 0.15) is 38.2 Å². The zero-order chi connectivity index (χ0) is 19.0. The van der Waals surface area contributed by atoms with Gasteiger partial charge in [0.1, 0.15) is 5.82 Å². The van der Waals surface area contributed by atoms with Crippen molar-refractivity contribution in [2.45, 2.75) is 39.0 Å². The molecule has 144 valence electrons. The summed E-state index contributed by atoms with van der Waals surface area (Å²) in [5.41, 5.74) is 0.716. The van der Waals surface area contributed by atoms with E-state index in [0.717, 1.165) is 50.2 Å². The third kappa shape index (κ3) is 5.44. The summed E-state index contributed by atoms with van der Waals surface area (Å²) >= 11 is 0. The molecule has 1 aliphatic rings. The summed E-state index contributed by atoms with van der Waals surface area (Å²) in [6, 6.07) is 6.55. The normalized spacial score (nSPS) is 16.4. The van der Waals surface area contributed by atoms with Crippen molar-refractivity contribution in [3.8, 4) is 0 Å². The maximum absolute atomic E-state index is 13.0. The van der Waals surface area contributed by atoms with Gasteiger partial charge in [-0.25, -0.2) is 4.39 Å². The first-order valence-corrected chi connectivity index (χ1v) is 9.45. The zero-order valence-electron chi connectivity index (χ0n) is 16.1. The molecule has 0 saturated heterocycles. The summed E-state index contributed by atoms with van der Waals surface area (Å²) in [5.74, 6) is 0.692. The number of nitrogens with one attached hydrogen (secondary N) is 2. The van der Waals surface area contributed by atoms with Gasteiger partial charge in [-0.2, -0.15) is 0 Å². The second-order valence-corrected chi connectivity index (χ2v) is 7.19. The average Bonchev–Trinajstić information content (AvgIpc) is 3.10. The van der Waals surface area contributed by atoms with Gasteiger partial charge < -0.3 is 15.5 Å². The number of hydrogen-bond donors (Lipinski definition) is 2. The largest absolute Gasteiger partial charge is 0.357 e. The van der Waals surface area contributed by atoms with Crippen LogP contribution in [0.25, 0.3) is 0 Å². The molecular formula is C20H31FN4O. The molecule has 0 bridgehead atoms. The fourth-order valence-electron chi connectivity index (χ4n) is 3.51. The highest BCUT2D eigenvalue weighted by molar-refractivity contribution is 5.84. The first-order valence-electron chi connectivity index (χ1n) is 9.45. The Morgan fingerprint density at radius 1 is 1.19 bits per heavy atom. The number of carbonyl (C=O) groups is 1. The quantitative estimate of drug-likeness (QED) is 0.579. The minimum atomic E-state index is -0.358. The lowest BCUT2D eigenvalue weighted by Gasteiger charge is -2.29. The molecule has 0 heterocycles. The van der Waals surface area contributed by atoms with Crippen molar-refractivity contribution in [2.24, 2.45) is 10.4 Å². The zero-order valence-corrected chi connectivity index (χ0v) is 16.1. The summed E-state index contributed by atoms with van der Waals surface area (Å²) < 4.78 is 13.0. The molecule has 6 heteroatoms. The van der Waals surface area contributed by atoms with Crippen LogP contribution in [-0.4, -0.2) is 50.5 Å². The maximum Gasteiger partial charge on any atom is 0.230 e. The number of aliphatic imine (C=N–C) groups is 1. The number of carbonyl (C=O) groups excluding carboxylic acids is 1. The van der Waals surface area contributed by atoms with Crippen molar-refractivity contribution in [2.75, 3.05) is 33.7 Å². The van der Waals surface area contributed by atoms with Gasteiger partial charge in [-0.3, -0.25) is 9.79 Å². The highest BCUT2D eigenvalue weighted by Gasteiger charge is 2.41. The Bertz CT molecular complexity index is 607. The van der Waals surface area contributed by atoms with Gasteiger partial charge in [0.25, 0.3) is 0 Å². The number of halogens is 1. The molecule has 0 radical (unpaired) electrons. The van der Waals surface area contributed by atoms with E-state index in [-0.39, 0.29) is 17.1 Å². The number of guanidine groups is 1. The van der Waals surface area contributed by atoms with E-state index in [1.54, 1.807) is 17.0 Å².